The van der Waals surface area contributed by atoms with Gasteiger partial charge in [0.1, 0.15) is 17.4 Å². The smallest absolute Gasteiger partial charge is 0.234 e. The van der Waals surface area contributed by atoms with E-state index in [1.54, 1.807) is 0 Å². The molecule has 0 amide bonds. The molecule has 1 rings (SSSR count). The minimum atomic E-state index is 0.223. The number of anilines is 1. The van der Waals surface area contributed by atoms with Gasteiger partial charge in [-0.05, 0) is 20.2 Å². The largest absolute Gasteiger partial charge is 0.475 e. The van der Waals surface area contributed by atoms with E-state index in [0.717, 1.165) is 6.54 Å². The van der Waals surface area contributed by atoms with E-state index in [-0.39, 0.29) is 5.82 Å². The van der Waals surface area contributed by atoms with Gasteiger partial charge in [0.2, 0.25) is 5.88 Å². The Bertz CT molecular complexity index is 344. The van der Waals surface area contributed by atoms with E-state index >= 15 is 0 Å². The number of hydrogen-bond acceptors (Lipinski definition) is 4. The number of hydrogen-bond donors (Lipinski definition) is 1. The second-order valence-electron chi connectivity index (χ2n) is 3.29. The Kier molecular flexibility index (Phi) is 4.45. The highest BCUT2D eigenvalue weighted by molar-refractivity contribution is 6.36. The molecule has 1 heterocycles. The lowest BCUT2D eigenvalue weighted by Crippen LogP contribution is -2.19. The Morgan fingerprint density at radius 1 is 1.40 bits per heavy atom. The Morgan fingerprint density at radius 3 is 2.67 bits per heavy atom. The van der Waals surface area contributed by atoms with Crippen molar-refractivity contribution in [1.82, 2.24) is 9.88 Å². The van der Waals surface area contributed by atoms with Crippen LogP contribution in [0.25, 0.3) is 0 Å². The number of nitrogen functional groups attached to an aromatic ring is 1. The summed E-state index contributed by atoms with van der Waals surface area (Å²) in [5.41, 5.74) is 5.53. The van der Waals surface area contributed by atoms with Crippen LogP contribution in [-0.2, 0) is 0 Å². The molecule has 84 valence electrons. The fourth-order valence-corrected chi connectivity index (χ4v) is 1.30. The standard InChI is InChI=1S/C9H13Cl2N3O/c1-14(2)3-4-15-9-7(11)5-6(10)8(12)13-9/h5H,3-4H2,1-2H3,(H2,12,13). The van der Waals surface area contributed by atoms with Crippen molar-refractivity contribution >= 4 is 29.0 Å². The predicted molar refractivity (Wildman–Crippen MR) is 62.7 cm³/mol. The summed E-state index contributed by atoms with van der Waals surface area (Å²) in [7, 11) is 3.91. The topological polar surface area (TPSA) is 51.4 Å². The van der Waals surface area contributed by atoms with Crippen molar-refractivity contribution in [2.75, 3.05) is 33.0 Å². The van der Waals surface area contributed by atoms with Crippen LogP contribution in [0.3, 0.4) is 0 Å². The van der Waals surface area contributed by atoms with Crippen molar-refractivity contribution < 1.29 is 4.74 Å². The lowest BCUT2D eigenvalue weighted by Gasteiger charge is -2.11. The van der Waals surface area contributed by atoms with E-state index in [1.165, 1.54) is 6.07 Å². The number of aromatic nitrogens is 1. The SMILES string of the molecule is CN(C)CCOc1nc(N)c(Cl)cc1Cl. The van der Waals surface area contributed by atoms with Crippen LogP contribution in [0.1, 0.15) is 0 Å². The molecule has 0 atom stereocenters. The predicted octanol–water partition coefficient (Wildman–Crippen LogP) is 1.91. The van der Waals surface area contributed by atoms with Crippen molar-refractivity contribution in [1.29, 1.82) is 0 Å². The van der Waals surface area contributed by atoms with Crippen LogP contribution >= 0.6 is 23.2 Å². The molecule has 0 aliphatic carbocycles. The lowest BCUT2D eigenvalue weighted by atomic mass is 10.4. The van der Waals surface area contributed by atoms with E-state index in [9.17, 15) is 0 Å². The average Bonchev–Trinajstić information content (AvgIpc) is 2.13. The summed E-state index contributed by atoms with van der Waals surface area (Å²) in [6.45, 7) is 1.28. The molecule has 2 N–H and O–H groups in total. The molecule has 0 fully saturated rings. The molecule has 1 aromatic rings. The maximum atomic E-state index is 5.88. The average molecular weight is 250 g/mol. The zero-order valence-electron chi connectivity index (χ0n) is 8.63. The first kappa shape index (κ1) is 12.4. The van der Waals surface area contributed by atoms with Crippen LogP contribution in [-0.4, -0.2) is 37.1 Å². The second-order valence-corrected chi connectivity index (χ2v) is 4.11. The van der Waals surface area contributed by atoms with E-state index in [2.05, 4.69) is 4.98 Å². The minimum absolute atomic E-state index is 0.223. The molecule has 4 nitrogen and oxygen atoms in total. The molecule has 0 bridgehead atoms. The molecular formula is C9H13Cl2N3O. The second kappa shape index (κ2) is 5.39. The normalized spacial score (nSPS) is 10.7. The molecule has 0 saturated carbocycles. The Hall–Kier alpha value is -0.710. The third kappa shape index (κ3) is 3.74. The van der Waals surface area contributed by atoms with Gasteiger partial charge in [-0.25, -0.2) is 0 Å². The van der Waals surface area contributed by atoms with Crippen LogP contribution in [0.2, 0.25) is 10.0 Å². The summed E-state index contributed by atoms with van der Waals surface area (Å²) in [6.07, 6.45) is 0. The fraction of sp³-hybridized carbons (Fsp3) is 0.444. The number of halogens is 2. The number of nitrogens with two attached hydrogens (primary N) is 1. The van der Waals surface area contributed by atoms with Crippen LogP contribution < -0.4 is 10.5 Å². The van der Waals surface area contributed by atoms with Gasteiger partial charge in [-0.3, -0.25) is 0 Å². The van der Waals surface area contributed by atoms with E-state index < -0.39 is 0 Å². The molecule has 1 aromatic heterocycles. The number of pyridine rings is 1. The quantitative estimate of drug-likeness (QED) is 0.886. The van der Waals surface area contributed by atoms with Crippen molar-refractivity contribution in [3.8, 4) is 5.88 Å². The third-order valence-electron chi connectivity index (χ3n) is 1.70. The Balaban J connectivity index is 2.65. The van der Waals surface area contributed by atoms with Gasteiger partial charge in [-0.15, -0.1) is 0 Å². The zero-order chi connectivity index (χ0) is 11.4. The number of rotatable bonds is 4. The summed E-state index contributed by atoms with van der Waals surface area (Å²) in [5.74, 6) is 0.543. The third-order valence-corrected chi connectivity index (χ3v) is 2.28. The summed E-state index contributed by atoms with van der Waals surface area (Å²) in [4.78, 5) is 5.94. The summed E-state index contributed by atoms with van der Waals surface area (Å²) < 4.78 is 5.36. The van der Waals surface area contributed by atoms with Crippen molar-refractivity contribution in [3.05, 3.63) is 16.1 Å². The molecular weight excluding hydrogens is 237 g/mol. The Labute approximate surface area is 98.9 Å². The molecule has 0 radical (unpaired) electrons. The first-order valence-corrected chi connectivity index (χ1v) is 5.15. The monoisotopic (exact) mass is 249 g/mol. The van der Waals surface area contributed by atoms with Crippen molar-refractivity contribution in [2.24, 2.45) is 0 Å². The van der Waals surface area contributed by atoms with E-state index in [1.807, 2.05) is 19.0 Å². The van der Waals surface area contributed by atoms with Gasteiger partial charge in [0, 0.05) is 6.54 Å². The van der Waals surface area contributed by atoms with Gasteiger partial charge in [0.05, 0.1) is 5.02 Å². The molecule has 15 heavy (non-hydrogen) atoms. The minimum Gasteiger partial charge on any atom is -0.475 e. The molecule has 0 unspecified atom stereocenters. The summed E-state index contributed by atoms with van der Waals surface area (Å²) in [6, 6.07) is 1.52. The summed E-state index contributed by atoms with van der Waals surface area (Å²) in [5, 5.41) is 0.702. The first-order valence-electron chi connectivity index (χ1n) is 4.39. The van der Waals surface area contributed by atoms with Gasteiger partial charge in [0.15, 0.2) is 0 Å². The first-order chi connectivity index (χ1) is 7.00. The van der Waals surface area contributed by atoms with Crippen LogP contribution in [0.4, 0.5) is 5.82 Å². The van der Waals surface area contributed by atoms with Crippen LogP contribution in [0.5, 0.6) is 5.88 Å². The highest BCUT2D eigenvalue weighted by Crippen LogP contribution is 2.28. The maximum Gasteiger partial charge on any atom is 0.234 e. The molecule has 0 aliphatic heterocycles. The van der Waals surface area contributed by atoms with Gasteiger partial charge in [0.25, 0.3) is 0 Å². The fourth-order valence-electron chi connectivity index (χ4n) is 0.889. The van der Waals surface area contributed by atoms with Crippen molar-refractivity contribution in [3.63, 3.8) is 0 Å². The van der Waals surface area contributed by atoms with Gasteiger partial charge in [-0.2, -0.15) is 4.98 Å². The highest BCUT2D eigenvalue weighted by Gasteiger charge is 2.08. The molecule has 0 spiro atoms. The highest BCUT2D eigenvalue weighted by atomic mass is 35.5. The number of nitrogens with zero attached hydrogens (tertiary/aromatic N) is 2. The van der Waals surface area contributed by atoms with E-state index in [4.69, 9.17) is 33.7 Å². The Morgan fingerprint density at radius 2 is 2.07 bits per heavy atom. The molecule has 0 aliphatic rings. The molecule has 6 heteroatoms. The van der Waals surface area contributed by atoms with Crippen molar-refractivity contribution in [2.45, 2.75) is 0 Å². The maximum absolute atomic E-state index is 5.88. The van der Waals surface area contributed by atoms with Gasteiger partial charge >= 0.3 is 0 Å². The summed E-state index contributed by atoms with van der Waals surface area (Å²) >= 11 is 11.6. The van der Waals surface area contributed by atoms with E-state index in [0.29, 0.717) is 22.5 Å². The number of ether oxygens (including phenoxy) is 1. The lowest BCUT2D eigenvalue weighted by molar-refractivity contribution is 0.254. The van der Waals surface area contributed by atoms with Crippen LogP contribution in [0, 0.1) is 0 Å². The van der Waals surface area contributed by atoms with Gasteiger partial charge in [-0.1, -0.05) is 23.2 Å². The van der Waals surface area contributed by atoms with Crippen LogP contribution in [0.15, 0.2) is 6.07 Å². The zero-order valence-corrected chi connectivity index (χ0v) is 10.1. The number of likely N-dealkylation sites (N-methyl/N-ethyl adjacent to an activating group) is 1. The molecule has 0 aromatic carbocycles. The van der Waals surface area contributed by atoms with Gasteiger partial charge < -0.3 is 15.4 Å². The molecule has 0 saturated heterocycles.